The number of rotatable bonds is 4. The number of piperidine rings is 1. The number of carbonyl (C=O) groups excluding carboxylic acids is 1. The number of halogens is 1. The summed E-state index contributed by atoms with van der Waals surface area (Å²) in [6.45, 7) is 2.38. The summed E-state index contributed by atoms with van der Waals surface area (Å²) in [7, 11) is 0. The van der Waals surface area contributed by atoms with Crippen LogP contribution in [0.3, 0.4) is 0 Å². The lowest BCUT2D eigenvalue weighted by molar-refractivity contribution is -0.148. The lowest BCUT2D eigenvalue weighted by Gasteiger charge is -2.40. The van der Waals surface area contributed by atoms with Gasteiger partial charge in [0.2, 0.25) is 5.91 Å². The normalized spacial score (nSPS) is 17.5. The van der Waals surface area contributed by atoms with Gasteiger partial charge in [-0.05, 0) is 37.0 Å². The van der Waals surface area contributed by atoms with Crippen LogP contribution in [-0.4, -0.2) is 35.0 Å². The number of carboxylic acid groups (broad SMARTS) is 1. The number of benzene rings is 2. The van der Waals surface area contributed by atoms with Crippen molar-refractivity contribution in [2.45, 2.75) is 31.1 Å². The summed E-state index contributed by atoms with van der Waals surface area (Å²) < 4.78 is 14.0. The Kier molecular flexibility index (Phi) is 5.07. The maximum absolute atomic E-state index is 14.0. The average Bonchev–Trinajstić information content (AvgIpc) is 2.68. The van der Waals surface area contributed by atoms with Crippen molar-refractivity contribution in [2.75, 3.05) is 13.1 Å². The summed E-state index contributed by atoms with van der Waals surface area (Å²) in [5, 5.41) is 9.84. The molecular formula is C21H22FNO3. The molecule has 0 spiro atoms. The number of carboxylic acids is 1. The highest BCUT2D eigenvalue weighted by molar-refractivity contribution is 5.85. The largest absolute Gasteiger partial charge is 0.481 e. The quantitative estimate of drug-likeness (QED) is 0.912. The van der Waals surface area contributed by atoms with E-state index in [0.29, 0.717) is 31.5 Å². The van der Waals surface area contributed by atoms with E-state index in [1.807, 2.05) is 30.3 Å². The topological polar surface area (TPSA) is 57.6 Å². The van der Waals surface area contributed by atoms with Crippen molar-refractivity contribution in [2.24, 2.45) is 0 Å². The summed E-state index contributed by atoms with van der Waals surface area (Å²) in [4.78, 5) is 26.4. The van der Waals surface area contributed by atoms with E-state index < -0.39 is 23.1 Å². The van der Waals surface area contributed by atoms with Gasteiger partial charge in [-0.3, -0.25) is 9.59 Å². The van der Waals surface area contributed by atoms with Crippen molar-refractivity contribution in [1.29, 1.82) is 0 Å². The fraction of sp³-hybridized carbons (Fsp3) is 0.333. The Hall–Kier alpha value is -2.69. The van der Waals surface area contributed by atoms with Crippen LogP contribution in [0.25, 0.3) is 0 Å². The number of carbonyl (C=O) groups is 2. The zero-order valence-electron chi connectivity index (χ0n) is 14.7. The fourth-order valence-corrected chi connectivity index (χ4v) is 3.73. The molecule has 0 aromatic heterocycles. The van der Waals surface area contributed by atoms with E-state index in [0.717, 1.165) is 5.56 Å². The molecule has 1 heterocycles. The minimum absolute atomic E-state index is 0.165. The molecule has 4 nitrogen and oxygen atoms in total. The number of likely N-dealkylation sites (tertiary alicyclic amines) is 1. The van der Waals surface area contributed by atoms with E-state index in [1.165, 1.54) is 6.07 Å². The van der Waals surface area contributed by atoms with Gasteiger partial charge < -0.3 is 10.0 Å². The molecule has 0 aliphatic carbocycles. The molecule has 1 atom stereocenters. The Bertz CT molecular complexity index is 798. The summed E-state index contributed by atoms with van der Waals surface area (Å²) in [5.74, 6) is -2.01. The lowest BCUT2D eigenvalue weighted by Crippen LogP contribution is -2.49. The second kappa shape index (κ2) is 7.28. The van der Waals surface area contributed by atoms with E-state index in [-0.39, 0.29) is 5.91 Å². The zero-order valence-corrected chi connectivity index (χ0v) is 14.7. The molecule has 2 aromatic carbocycles. The first-order valence-corrected chi connectivity index (χ1v) is 8.78. The molecule has 0 bridgehead atoms. The maximum atomic E-state index is 14.0. The van der Waals surface area contributed by atoms with Crippen LogP contribution in [-0.2, 0) is 15.0 Å². The molecule has 136 valence electrons. The summed E-state index contributed by atoms with van der Waals surface area (Å²) in [6.07, 6.45) is 0.699. The molecule has 1 aliphatic rings. The van der Waals surface area contributed by atoms with Crippen LogP contribution in [0.1, 0.15) is 36.8 Å². The van der Waals surface area contributed by atoms with Crippen molar-refractivity contribution in [3.63, 3.8) is 0 Å². The molecule has 1 unspecified atom stereocenters. The summed E-state index contributed by atoms with van der Waals surface area (Å²) in [5.41, 5.74) is 0.164. The Morgan fingerprint density at radius 3 is 2.19 bits per heavy atom. The van der Waals surface area contributed by atoms with Gasteiger partial charge in [-0.15, -0.1) is 0 Å². The highest BCUT2D eigenvalue weighted by atomic mass is 19.1. The Balaban J connectivity index is 1.76. The molecule has 1 amide bonds. The highest BCUT2D eigenvalue weighted by Gasteiger charge is 2.44. The van der Waals surface area contributed by atoms with Crippen molar-refractivity contribution in [3.05, 3.63) is 71.5 Å². The van der Waals surface area contributed by atoms with Gasteiger partial charge in [-0.2, -0.15) is 0 Å². The molecule has 1 fully saturated rings. The third kappa shape index (κ3) is 3.21. The lowest BCUT2D eigenvalue weighted by atomic mass is 9.72. The molecule has 2 aromatic rings. The van der Waals surface area contributed by atoms with Gasteiger partial charge in [-0.1, -0.05) is 48.5 Å². The SMILES string of the molecule is CC(C(=O)N1CCC(C(=O)O)(c2ccccc2)CC1)c1ccccc1F. The minimum Gasteiger partial charge on any atom is -0.481 e. The molecular weight excluding hydrogens is 333 g/mol. The number of hydrogen-bond acceptors (Lipinski definition) is 2. The average molecular weight is 355 g/mol. The van der Waals surface area contributed by atoms with E-state index in [9.17, 15) is 19.1 Å². The maximum Gasteiger partial charge on any atom is 0.314 e. The van der Waals surface area contributed by atoms with E-state index in [4.69, 9.17) is 0 Å². The summed E-state index contributed by atoms with van der Waals surface area (Å²) >= 11 is 0. The number of amides is 1. The van der Waals surface area contributed by atoms with Crippen LogP contribution in [0.15, 0.2) is 54.6 Å². The predicted octanol–water partition coefficient (Wildman–Crippen LogP) is 3.57. The van der Waals surface area contributed by atoms with Gasteiger partial charge in [0.1, 0.15) is 5.82 Å². The Morgan fingerprint density at radius 2 is 1.62 bits per heavy atom. The monoisotopic (exact) mass is 355 g/mol. The van der Waals surface area contributed by atoms with Gasteiger partial charge in [0.25, 0.3) is 0 Å². The van der Waals surface area contributed by atoms with Crippen LogP contribution in [0.4, 0.5) is 4.39 Å². The van der Waals surface area contributed by atoms with E-state index >= 15 is 0 Å². The number of nitrogens with zero attached hydrogens (tertiary/aromatic N) is 1. The van der Waals surface area contributed by atoms with Crippen molar-refractivity contribution < 1.29 is 19.1 Å². The third-order valence-corrected chi connectivity index (χ3v) is 5.41. The fourth-order valence-electron chi connectivity index (χ4n) is 3.73. The predicted molar refractivity (Wildman–Crippen MR) is 96.4 cm³/mol. The Morgan fingerprint density at radius 1 is 1.04 bits per heavy atom. The van der Waals surface area contributed by atoms with Crippen LogP contribution in [0, 0.1) is 5.82 Å². The van der Waals surface area contributed by atoms with Gasteiger partial charge in [0.05, 0.1) is 11.3 Å². The smallest absolute Gasteiger partial charge is 0.314 e. The van der Waals surface area contributed by atoms with Crippen molar-refractivity contribution >= 4 is 11.9 Å². The van der Waals surface area contributed by atoms with E-state index in [1.54, 1.807) is 30.0 Å². The van der Waals surface area contributed by atoms with Crippen LogP contribution >= 0.6 is 0 Å². The number of aliphatic carboxylic acids is 1. The molecule has 26 heavy (non-hydrogen) atoms. The standard InChI is InChI=1S/C21H22FNO3/c1-15(17-9-5-6-10-18(17)22)19(24)23-13-11-21(12-14-23,20(25)26)16-7-3-2-4-8-16/h2-10,15H,11-14H2,1H3,(H,25,26). The van der Waals surface area contributed by atoms with Crippen LogP contribution in [0.2, 0.25) is 0 Å². The molecule has 0 saturated carbocycles. The van der Waals surface area contributed by atoms with Gasteiger partial charge in [0, 0.05) is 13.1 Å². The molecule has 1 N–H and O–H groups in total. The number of hydrogen-bond donors (Lipinski definition) is 1. The van der Waals surface area contributed by atoms with Crippen LogP contribution < -0.4 is 0 Å². The molecule has 1 saturated heterocycles. The first kappa shape index (κ1) is 18.1. The van der Waals surface area contributed by atoms with Crippen LogP contribution in [0.5, 0.6) is 0 Å². The van der Waals surface area contributed by atoms with E-state index in [2.05, 4.69) is 0 Å². The first-order chi connectivity index (χ1) is 12.5. The van der Waals surface area contributed by atoms with Crippen molar-refractivity contribution in [3.8, 4) is 0 Å². The summed E-state index contributed by atoms with van der Waals surface area (Å²) in [6, 6.07) is 15.4. The van der Waals surface area contributed by atoms with Crippen molar-refractivity contribution in [1.82, 2.24) is 4.90 Å². The Labute approximate surface area is 152 Å². The second-order valence-electron chi connectivity index (χ2n) is 6.82. The molecule has 5 heteroatoms. The zero-order chi connectivity index (χ0) is 18.7. The minimum atomic E-state index is -0.973. The third-order valence-electron chi connectivity index (χ3n) is 5.41. The second-order valence-corrected chi connectivity index (χ2v) is 6.82. The highest BCUT2D eigenvalue weighted by Crippen LogP contribution is 2.36. The molecule has 3 rings (SSSR count). The van der Waals surface area contributed by atoms with Gasteiger partial charge in [-0.25, -0.2) is 4.39 Å². The van der Waals surface area contributed by atoms with Gasteiger partial charge >= 0.3 is 5.97 Å². The molecule has 0 radical (unpaired) electrons. The molecule has 1 aliphatic heterocycles. The van der Waals surface area contributed by atoms with Gasteiger partial charge in [0.15, 0.2) is 0 Å². The first-order valence-electron chi connectivity index (χ1n) is 8.78.